The molecular weight excluding hydrogens is 60.1 g/mol. The monoisotopic (exact) mass is 69.1 g/mol. The average Bonchev–Trinajstić information content (AvgIpc) is 1.27. The van der Waals surface area contributed by atoms with Crippen molar-refractivity contribution in [3.05, 3.63) is 24.8 Å². The summed E-state index contributed by atoms with van der Waals surface area (Å²) >= 11 is 0. The standard InChI is InChI=1S/C5H7/c1-4-5(2)3/h2,4H,1H2,3H3/q+1/i1D2. The highest BCUT2D eigenvalue weighted by Crippen LogP contribution is 1.80. The summed E-state index contributed by atoms with van der Waals surface area (Å²) in [4.78, 5) is 0. The summed E-state index contributed by atoms with van der Waals surface area (Å²) in [5.41, 5.74) is 0.500. The van der Waals surface area contributed by atoms with Crippen molar-refractivity contribution < 1.29 is 2.74 Å². The molecule has 0 heteroatoms. The minimum Gasteiger partial charge on any atom is -0.0143 e. The van der Waals surface area contributed by atoms with Gasteiger partial charge in [-0.05, 0) is 6.53 Å². The Morgan fingerprint density at radius 1 is 2.40 bits per heavy atom. The van der Waals surface area contributed by atoms with Crippen LogP contribution in [0.4, 0.5) is 0 Å². The summed E-state index contributed by atoms with van der Waals surface area (Å²) < 4.78 is 13.1. The maximum Gasteiger partial charge on any atom is 0.160 e. The summed E-state index contributed by atoms with van der Waals surface area (Å²) in [7, 11) is 0. The molecule has 0 nitrogen and oxygen atoms in total. The molecule has 0 fully saturated rings. The van der Waals surface area contributed by atoms with Crippen molar-refractivity contribution in [3.63, 3.8) is 0 Å². The fourth-order valence-corrected chi connectivity index (χ4v) is 0. The minimum atomic E-state index is -0.250. The summed E-state index contributed by atoms with van der Waals surface area (Å²) in [5, 5.41) is 0. The van der Waals surface area contributed by atoms with E-state index in [0.717, 1.165) is 0 Å². The lowest BCUT2D eigenvalue weighted by atomic mass is 10.4. The molecule has 0 aliphatic rings. The highest BCUT2D eigenvalue weighted by molar-refractivity contribution is 5.03. The van der Waals surface area contributed by atoms with Crippen LogP contribution in [0.25, 0.3) is 0 Å². The second kappa shape index (κ2) is 1.68. The summed E-state index contributed by atoms with van der Waals surface area (Å²) in [6, 6.07) is 0. The first-order valence-electron chi connectivity index (χ1n) is 2.37. The van der Waals surface area contributed by atoms with Crippen LogP contribution in [0, 0.1) is 6.58 Å². The van der Waals surface area contributed by atoms with Gasteiger partial charge in [0, 0.05) is 6.92 Å². The first kappa shape index (κ1) is 1.74. The van der Waals surface area contributed by atoms with Crippen molar-refractivity contribution in [2.24, 2.45) is 0 Å². The Hall–Kier alpha value is -0.610. The van der Waals surface area contributed by atoms with Crippen LogP contribution in [0.3, 0.4) is 0 Å². The summed E-state index contributed by atoms with van der Waals surface area (Å²) in [5.74, 6) is 0. The Labute approximate surface area is 35.6 Å². The van der Waals surface area contributed by atoms with E-state index in [0.29, 0.717) is 5.57 Å². The fourth-order valence-electron chi connectivity index (χ4n) is 0. The molecule has 0 aliphatic heterocycles. The van der Waals surface area contributed by atoms with Crippen LogP contribution < -0.4 is 0 Å². The predicted octanol–water partition coefficient (Wildman–Crippen LogP) is 1.55. The van der Waals surface area contributed by atoms with Gasteiger partial charge in [0.05, 0.1) is 15.4 Å². The lowest BCUT2D eigenvalue weighted by Crippen LogP contribution is -1.50. The van der Waals surface area contributed by atoms with Crippen LogP contribution >= 0.6 is 0 Å². The largest absolute Gasteiger partial charge is 0.160 e. The maximum atomic E-state index is 6.54. The highest BCUT2D eigenvalue weighted by atomic mass is 13.7. The Bertz CT molecular complexity index is 98.6. The molecular formula is C5H7+. The molecule has 0 heterocycles. The van der Waals surface area contributed by atoms with Gasteiger partial charge in [0.15, 0.2) is 5.57 Å². The SMILES string of the molecule is [2H]C([2H])=CC(=[CH+])C. The van der Waals surface area contributed by atoms with E-state index in [1.54, 1.807) is 6.92 Å². The summed E-state index contributed by atoms with van der Waals surface area (Å²) in [6.45, 7) is 6.49. The molecule has 0 radical (unpaired) electrons. The molecule has 0 N–H and O–H groups in total. The quantitative estimate of drug-likeness (QED) is 0.323. The Morgan fingerprint density at radius 2 is 3.00 bits per heavy atom. The molecule has 0 bridgehead atoms. The normalized spacial score (nSPS) is 11.2. The van der Waals surface area contributed by atoms with E-state index in [1.165, 1.54) is 6.08 Å². The topological polar surface area (TPSA) is 0 Å². The molecule has 0 atom stereocenters. The van der Waals surface area contributed by atoms with Crippen molar-refractivity contribution in [2.75, 3.05) is 0 Å². The predicted molar refractivity (Wildman–Crippen MR) is 23.7 cm³/mol. The number of rotatable bonds is 1. The Morgan fingerprint density at radius 3 is 3.00 bits per heavy atom. The van der Waals surface area contributed by atoms with Crippen molar-refractivity contribution >= 4 is 0 Å². The second-order valence-electron chi connectivity index (χ2n) is 0.888. The van der Waals surface area contributed by atoms with Crippen molar-refractivity contribution in [3.8, 4) is 0 Å². The number of hydrogen-bond acceptors (Lipinski definition) is 0. The average molecular weight is 69.1 g/mol. The van der Waals surface area contributed by atoms with E-state index in [9.17, 15) is 0 Å². The van der Waals surface area contributed by atoms with Gasteiger partial charge < -0.3 is 0 Å². The van der Waals surface area contributed by atoms with E-state index in [-0.39, 0.29) is 6.53 Å². The van der Waals surface area contributed by atoms with Gasteiger partial charge >= 0.3 is 0 Å². The molecule has 0 saturated carbocycles. The first-order chi connectivity index (χ1) is 3.13. The zero-order chi connectivity index (χ0) is 5.86. The van der Waals surface area contributed by atoms with Crippen LogP contribution in [-0.4, -0.2) is 0 Å². The second-order valence-corrected chi connectivity index (χ2v) is 0.888. The van der Waals surface area contributed by atoms with E-state index < -0.39 is 0 Å². The zero-order valence-corrected chi connectivity index (χ0v) is 3.15. The Kier molecular flexibility index (Phi) is 0.585. The van der Waals surface area contributed by atoms with E-state index in [1.807, 2.05) is 0 Å². The Balaban J connectivity index is 3.68. The third-order valence-electron chi connectivity index (χ3n) is 0.228. The van der Waals surface area contributed by atoms with Crippen LogP contribution in [0.5, 0.6) is 0 Å². The molecule has 0 aliphatic carbocycles. The number of allylic oxidation sites excluding steroid dienone is 2. The smallest absolute Gasteiger partial charge is 0.0143 e. The van der Waals surface area contributed by atoms with Gasteiger partial charge in [-0.2, -0.15) is 0 Å². The lowest BCUT2D eigenvalue weighted by molar-refractivity contribution is 1.56. The van der Waals surface area contributed by atoms with Crippen LogP contribution in [0.1, 0.15) is 9.67 Å². The van der Waals surface area contributed by atoms with Gasteiger partial charge in [0.1, 0.15) is 0 Å². The van der Waals surface area contributed by atoms with Crippen molar-refractivity contribution in [1.29, 1.82) is 0 Å². The van der Waals surface area contributed by atoms with Gasteiger partial charge in [0.2, 0.25) is 0 Å². The highest BCUT2D eigenvalue weighted by Gasteiger charge is 1.75. The molecule has 0 aromatic rings. The van der Waals surface area contributed by atoms with Gasteiger partial charge in [-0.1, -0.05) is 0 Å². The van der Waals surface area contributed by atoms with E-state index in [2.05, 4.69) is 0 Å². The van der Waals surface area contributed by atoms with E-state index in [4.69, 9.17) is 9.32 Å². The van der Waals surface area contributed by atoms with Crippen molar-refractivity contribution in [1.82, 2.24) is 0 Å². The van der Waals surface area contributed by atoms with Gasteiger partial charge in [-0.3, -0.25) is 0 Å². The number of hydrogen-bond donors (Lipinski definition) is 0. The van der Waals surface area contributed by atoms with Crippen LogP contribution in [-0.2, 0) is 0 Å². The molecule has 0 rings (SSSR count). The summed E-state index contributed by atoms with van der Waals surface area (Å²) in [6.07, 6.45) is 1.28. The zero-order valence-electron chi connectivity index (χ0n) is 5.15. The van der Waals surface area contributed by atoms with Crippen LogP contribution in [0.15, 0.2) is 18.2 Å². The minimum absolute atomic E-state index is 0.250. The molecule has 5 heavy (non-hydrogen) atoms. The van der Waals surface area contributed by atoms with Crippen molar-refractivity contribution in [2.45, 2.75) is 6.92 Å². The third kappa shape index (κ3) is 3.39. The molecule has 0 spiro atoms. The third-order valence-corrected chi connectivity index (χ3v) is 0.228. The molecule has 0 saturated heterocycles. The van der Waals surface area contributed by atoms with Gasteiger partial charge in [0.25, 0.3) is 0 Å². The van der Waals surface area contributed by atoms with Gasteiger partial charge in [-0.15, -0.1) is 0 Å². The lowest BCUT2D eigenvalue weighted by Gasteiger charge is -1.56. The molecule has 0 amide bonds. The molecule has 0 unspecified atom stereocenters. The first-order valence-corrected chi connectivity index (χ1v) is 1.37. The van der Waals surface area contributed by atoms with Gasteiger partial charge in [-0.25, -0.2) is 0 Å². The molecule has 0 aromatic heterocycles. The maximum absolute atomic E-state index is 6.54. The molecule has 0 aromatic carbocycles. The van der Waals surface area contributed by atoms with Crippen LogP contribution in [0.2, 0.25) is 0 Å². The van der Waals surface area contributed by atoms with E-state index >= 15 is 0 Å². The molecule has 26 valence electrons. The fraction of sp³-hybridized carbons (Fsp3) is 0.200.